The summed E-state index contributed by atoms with van der Waals surface area (Å²) < 4.78 is 27.1. The zero-order valence-electron chi connectivity index (χ0n) is 16.8. The molecular formula is C22H27ClN2O3S. The number of nitrogens with one attached hydrogen (secondary N) is 1. The number of carbonyl (C=O) groups excluding carboxylic acids is 1. The predicted octanol–water partition coefficient (Wildman–Crippen LogP) is 4.07. The molecule has 1 aliphatic rings. The van der Waals surface area contributed by atoms with Gasteiger partial charge in [-0.1, -0.05) is 53.6 Å². The maximum absolute atomic E-state index is 12.8. The number of aryl methyl sites for hydroxylation is 1. The van der Waals surface area contributed by atoms with E-state index in [9.17, 15) is 13.2 Å². The molecule has 0 radical (unpaired) electrons. The largest absolute Gasteiger partial charge is 0.349 e. The highest BCUT2D eigenvalue weighted by molar-refractivity contribution is 7.88. The van der Waals surface area contributed by atoms with E-state index in [4.69, 9.17) is 11.6 Å². The first kappa shape index (κ1) is 21.8. The van der Waals surface area contributed by atoms with Gasteiger partial charge in [0.15, 0.2) is 0 Å². The highest BCUT2D eigenvalue weighted by atomic mass is 35.5. The Morgan fingerprint density at radius 2 is 1.83 bits per heavy atom. The van der Waals surface area contributed by atoms with Crippen LogP contribution in [0.3, 0.4) is 0 Å². The van der Waals surface area contributed by atoms with Crippen molar-refractivity contribution in [3.05, 3.63) is 70.2 Å². The monoisotopic (exact) mass is 434 g/mol. The van der Waals surface area contributed by atoms with Gasteiger partial charge in [0.2, 0.25) is 15.9 Å². The molecule has 0 spiro atoms. The number of sulfonamides is 1. The summed E-state index contributed by atoms with van der Waals surface area (Å²) in [7, 11) is -3.49. The van der Waals surface area contributed by atoms with Crippen LogP contribution in [-0.4, -0.2) is 31.7 Å². The molecule has 1 N–H and O–H groups in total. The van der Waals surface area contributed by atoms with Crippen molar-refractivity contribution >= 4 is 27.5 Å². The predicted molar refractivity (Wildman–Crippen MR) is 116 cm³/mol. The smallest absolute Gasteiger partial charge is 0.224 e. The van der Waals surface area contributed by atoms with Crippen molar-refractivity contribution in [3.63, 3.8) is 0 Å². The fraction of sp³-hybridized carbons (Fsp3) is 0.409. The number of rotatable bonds is 6. The van der Waals surface area contributed by atoms with Crippen LogP contribution in [0, 0.1) is 12.8 Å². The van der Waals surface area contributed by atoms with Gasteiger partial charge in [0.1, 0.15) is 0 Å². The van der Waals surface area contributed by atoms with E-state index in [1.54, 1.807) is 24.3 Å². The van der Waals surface area contributed by atoms with Gasteiger partial charge in [-0.2, -0.15) is 0 Å². The second kappa shape index (κ2) is 9.28. The average Bonchev–Trinajstić information content (AvgIpc) is 2.70. The van der Waals surface area contributed by atoms with E-state index in [2.05, 4.69) is 5.32 Å². The molecule has 0 aromatic heterocycles. The lowest BCUT2D eigenvalue weighted by Crippen LogP contribution is -2.46. The second-order valence-corrected chi connectivity index (χ2v) is 10.1. The number of halogens is 1. The number of piperidine rings is 1. The standard InChI is InChI=1S/C22H27ClN2O3S/c1-16-5-9-19(10-6-16)17(2)24-22(26)20-4-3-13-25(14-20)29(27,28)15-18-7-11-21(23)12-8-18/h5-12,17,20H,3-4,13-15H2,1-2H3,(H,24,26)/t17-,20+/m1/s1. The Kier molecular flexibility index (Phi) is 6.98. The summed E-state index contributed by atoms with van der Waals surface area (Å²) in [6.45, 7) is 4.64. The van der Waals surface area contributed by atoms with Crippen LogP contribution in [0.5, 0.6) is 0 Å². The summed E-state index contributed by atoms with van der Waals surface area (Å²) in [5.74, 6) is -0.515. The molecule has 29 heavy (non-hydrogen) atoms. The van der Waals surface area contributed by atoms with Crippen molar-refractivity contribution in [2.75, 3.05) is 13.1 Å². The van der Waals surface area contributed by atoms with Crippen molar-refractivity contribution in [2.45, 2.75) is 38.5 Å². The molecule has 1 saturated heterocycles. The number of carbonyl (C=O) groups is 1. The molecular weight excluding hydrogens is 408 g/mol. The van der Waals surface area contributed by atoms with Gasteiger partial charge in [0, 0.05) is 18.1 Å². The topological polar surface area (TPSA) is 66.5 Å². The third-order valence-electron chi connectivity index (χ3n) is 5.35. The van der Waals surface area contributed by atoms with Crippen molar-refractivity contribution in [1.29, 1.82) is 0 Å². The van der Waals surface area contributed by atoms with Crippen molar-refractivity contribution < 1.29 is 13.2 Å². The number of benzene rings is 2. The summed E-state index contributed by atoms with van der Waals surface area (Å²) in [4.78, 5) is 12.8. The van der Waals surface area contributed by atoms with Crippen LogP contribution in [-0.2, 0) is 20.6 Å². The molecule has 1 amide bonds. The molecule has 7 heteroatoms. The minimum Gasteiger partial charge on any atom is -0.349 e. The Morgan fingerprint density at radius 3 is 2.48 bits per heavy atom. The third-order valence-corrected chi connectivity index (χ3v) is 7.42. The SMILES string of the molecule is Cc1ccc([C@@H](C)NC(=O)[C@H]2CCCN(S(=O)(=O)Cc3ccc(Cl)cc3)C2)cc1. The lowest BCUT2D eigenvalue weighted by molar-refractivity contribution is -0.126. The van der Waals surface area contributed by atoms with Gasteiger partial charge in [0.25, 0.3) is 0 Å². The lowest BCUT2D eigenvalue weighted by atomic mass is 9.97. The average molecular weight is 435 g/mol. The zero-order valence-corrected chi connectivity index (χ0v) is 18.3. The van der Waals surface area contributed by atoms with Crippen LogP contribution in [0.25, 0.3) is 0 Å². The molecule has 0 aliphatic carbocycles. The van der Waals surface area contributed by atoms with E-state index in [-0.39, 0.29) is 30.2 Å². The van der Waals surface area contributed by atoms with Crippen LogP contribution in [0.1, 0.15) is 42.5 Å². The van der Waals surface area contributed by atoms with E-state index in [1.807, 2.05) is 38.1 Å². The van der Waals surface area contributed by atoms with E-state index < -0.39 is 10.0 Å². The molecule has 2 aromatic rings. The van der Waals surface area contributed by atoms with E-state index >= 15 is 0 Å². The maximum Gasteiger partial charge on any atom is 0.224 e. The minimum atomic E-state index is -3.49. The first-order valence-electron chi connectivity index (χ1n) is 9.84. The van der Waals surface area contributed by atoms with Gasteiger partial charge in [-0.3, -0.25) is 4.79 Å². The Balaban J connectivity index is 1.62. The molecule has 156 valence electrons. The van der Waals surface area contributed by atoms with E-state index in [0.717, 1.165) is 5.56 Å². The van der Waals surface area contributed by atoms with Crippen molar-refractivity contribution in [2.24, 2.45) is 5.92 Å². The molecule has 1 aliphatic heterocycles. The van der Waals surface area contributed by atoms with Crippen LogP contribution >= 0.6 is 11.6 Å². The molecule has 0 bridgehead atoms. The summed E-state index contributed by atoms with van der Waals surface area (Å²) in [5, 5.41) is 3.61. The van der Waals surface area contributed by atoms with Gasteiger partial charge in [-0.15, -0.1) is 0 Å². The molecule has 3 rings (SSSR count). The van der Waals surface area contributed by atoms with Gasteiger partial charge in [-0.05, 0) is 49.9 Å². The Hall–Kier alpha value is -1.89. The number of hydrogen-bond donors (Lipinski definition) is 1. The molecule has 0 unspecified atom stereocenters. The Morgan fingerprint density at radius 1 is 1.17 bits per heavy atom. The highest BCUT2D eigenvalue weighted by Gasteiger charge is 2.32. The van der Waals surface area contributed by atoms with Crippen LogP contribution in [0.4, 0.5) is 0 Å². The first-order valence-corrected chi connectivity index (χ1v) is 11.8. The van der Waals surface area contributed by atoms with Gasteiger partial charge < -0.3 is 5.32 Å². The van der Waals surface area contributed by atoms with Crippen LogP contribution in [0.15, 0.2) is 48.5 Å². The van der Waals surface area contributed by atoms with Gasteiger partial charge >= 0.3 is 0 Å². The zero-order chi connectivity index (χ0) is 21.0. The van der Waals surface area contributed by atoms with Crippen LogP contribution < -0.4 is 5.32 Å². The molecule has 2 aromatic carbocycles. The van der Waals surface area contributed by atoms with Gasteiger partial charge in [-0.25, -0.2) is 12.7 Å². The summed E-state index contributed by atoms with van der Waals surface area (Å²) in [6, 6.07) is 14.7. The number of nitrogens with zero attached hydrogens (tertiary/aromatic N) is 1. The first-order chi connectivity index (χ1) is 13.7. The summed E-state index contributed by atoms with van der Waals surface area (Å²) in [5.41, 5.74) is 2.89. The second-order valence-electron chi connectivity index (χ2n) is 7.72. The molecule has 0 saturated carbocycles. The quantitative estimate of drug-likeness (QED) is 0.745. The fourth-order valence-electron chi connectivity index (χ4n) is 3.56. The molecule has 1 fully saturated rings. The molecule has 1 heterocycles. The van der Waals surface area contributed by atoms with E-state index in [1.165, 1.54) is 9.87 Å². The van der Waals surface area contributed by atoms with Crippen molar-refractivity contribution in [3.8, 4) is 0 Å². The molecule has 2 atom stereocenters. The number of amides is 1. The maximum atomic E-state index is 12.8. The fourth-order valence-corrected chi connectivity index (χ4v) is 5.30. The van der Waals surface area contributed by atoms with Gasteiger partial charge in [0.05, 0.1) is 17.7 Å². The normalized spacial score (nSPS) is 18.9. The van der Waals surface area contributed by atoms with Crippen LogP contribution in [0.2, 0.25) is 5.02 Å². The Labute approximate surface area is 178 Å². The summed E-state index contributed by atoms with van der Waals surface area (Å²) in [6.07, 6.45) is 1.37. The number of hydrogen-bond acceptors (Lipinski definition) is 3. The molecule has 5 nitrogen and oxygen atoms in total. The van der Waals surface area contributed by atoms with E-state index in [0.29, 0.717) is 30.0 Å². The lowest BCUT2D eigenvalue weighted by Gasteiger charge is -2.32. The third kappa shape index (κ3) is 5.81. The van der Waals surface area contributed by atoms with Crippen molar-refractivity contribution in [1.82, 2.24) is 9.62 Å². The summed E-state index contributed by atoms with van der Waals surface area (Å²) >= 11 is 5.87. The highest BCUT2D eigenvalue weighted by Crippen LogP contribution is 2.23. The Bertz CT molecular complexity index is 943. The minimum absolute atomic E-state index is 0.0850.